The molecule has 2 aromatic heterocycles. The lowest BCUT2D eigenvalue weighted by Gasteiger charge is -2.33. The Bertz CT molecular complexity index is 675. The molecule has 0 aliphatic carbocycles. The number of hydrogen-bond donors (Lipinski definition) is 1. The van der Waals surface area contributed by atoms with Crippen LogP contribution < -0.4 is 0 Å². The molecule has 0 unspecified atom stereocenters. The summed E-state index contributed by atoms with van der Waals surface area (Å²) in [6.07, 6.45) is 5.53. The molecule has 2 aromatic rings. The minimum atomic E-state index is 0.712. The van der Waals surface area contributed by atoms with E-state index in [2.05, 4.69) is 20.0 Å². The average Bonchev–Trinajstić information content (AvgIpc) is 3.19. The number of H-pyrrole nitrogens is 1. The number of rotatable bonds is 4. The quantitative estimate of drug-likeness (QED) is 0.924. The molecule has 2 aliphatic rings. The van der Waals surface area contributed by atoms with Crippen LogP contribution >= 0.6 is 0 Å². The van der Waals surface area contributed by atoms with Gasteiger partial charge in [-0.1, -0.05) is 0 Å². The van der Waals surface area contributed by atoms with Gasteiger partial charge in [0.25, 0.3) is 0 Å². The average molecular weight is 344 g/mol. The van der Waals surface area contributed by atoms with E-state index in [0.717, 1.165) is 56.6 Å². The highest BCUT2D eigenvalue weighted by Crippen LogP contribution is 2.25. The van der Waals surface area contributed by atoms with Crippen molar-refractivity contribution in [2.24, 2.45) is 0 Å². The third-order valence-electron chi connectivity index (χ3n) is 5.43. The summed E-state index contributed by atoms with van der Waals surface area (Å²) in [6, 6.07) is 4.73. The second-order valence-electron chi connectivity index (χ2n) is 7.19. The number of aromatic nitrogens is 2. The first-order valence-corrected chi connectivity index (χ1v) is 9.43. The predicted molar refractivity (Wildman–Crippen MR) is 96.3 cm³/mol. The second-order valence-corrected chi connectivity index (χ2v) is 7.19. The lowest BCUT2D eigenvalue weighted by Crippen LogP contribution is -2.41. The van der Waals surface area contributed by atoms with Gasteiger partial charge in [0, 0.05) is 44.5 Å². The number of furan rings is 1. The molecule has 0 spiro atoms. The first-order chi connectivity index (χ1) is 12.3. The summed E-state index contributed by atoms with van der Waals surface area (Å²) in [5.74, 6) is 1.81. The standard InChI is InChI=1S/C19H28N4O2/c1-15-3-4-18(25-15)19-16(13-20-21-19)14-22-7-2-8-23(10-9-22)17-5-11-24-12-6-17/h3-4,13,17H,2,5-12,14H2,1H3,(H,20,21). The van der Waals surface area contributed by atoms with Crippen molar-refractivity contribution < 1.29 is 9.15 Å². The number of nitrogens with zero attached hydrogens (tertiary/aromatic N) is 3. The zero-order valence-corrected chi connectivity index (χ0v) is 15.0. The van der Waals surface area contributed by atoms with Gasteiger partial charge in [-0.05, 0) is 51.4 Å². The molecule has 2 fully saturated rings. The normalized spacial score (nSPS) is 21.5. The number of ether oxygens (including phenoxy) is 1. The summed E-state index contributed by atoms with van der Waals surface area (Å²) in [4.78, 5) is 5.22. The van der Waals surface area contributed by atoms with E-state index in [4.69, 9.17) is 9.15 Å². The molecule has 0 atom stereocenters. The Balaban J connectivity index is 1.38. The molecule has 0 bridgehead atoms. The summed E-state index contributed by atoms with van der Waals surface area (Å²) in [5.41, 5.74) is 2.23. The van der Waals surface area contributed by atoms with E-state index in [9.17, 15) is 0 Å². The highest BCUT2D eigenvalue weighted by molar-refractivity contribution is 5.56. The number of aryl methyl sites for hydroxylation is 1. The zero-order chi connectivity index (χ0) is 17.1. The van der Waals surface area contributed by atoms with Crippen molar-refractivity contribution >= 4 is 0 Å². The summed E-state index contributed by atoms with van der Waals surface area (Å²) < 4.78 is 11.3. The second kappa shape index (κ2) is 7.72. The van der Waals surface area contributed by atoms with Crippen molar-refractivity contribution in [3.8, 4) is 11.5 Å². The van der Waals surface area contributed by atoms with Crippen molar-refractivity contribution in [3.05, 3.63) is 29.7 Å². The van der Waals surface area contributed by atoms with Crippen molar-refractivity contribution in [1.82, 2.24) is 20.0 Å². The van der Waals surface area contributed by atoms with E-state index in [-0.39, 0.29) is 0 Å². The number of nitrogens with one attached hydrogen (secondary N) is 1. The minimum absolute atomic E-state index is 0.712. The molecule has 25 heavy (non-hydrogen) atoms. The maximum atomic E-state index is 5.77. The van der Waals surface area contributed by atoms with Gasteiger partial charge < -0.3 is 9.15 Å². The summed E-state index contributed by atoms with van der Waals surface area (Å²) in [7, 11) is 0. The van der Waals surface area contributed by atoms with E-state index < -0.39 is 0 Å². The Morgan fingerprint density at radius 3 is 2.84 bits per heavy atom. The van der Waals surface area contributed by atoms with Gasteiger partial charge in [0.15, 0.2) is 5.76 Å². The van der Waals surface area contributed by atoms with Gasteiger partial charge in [0.1, 0.15) is 11.5 Å². The molecule has 2 saturated heterocycles. The van der Waals surface area contributed by atoms with Crippen LogP contribution in [-0.2, 0) is 11.3 Å². The van der Waals surface area contributed by atoms with Crippen LogP contribution in [0.15, 0.2) is 22.7 Å². The molecular weight excluding hydrogens is 316 g/mol. The lowest BCUT2D eigenvalue weighted by molar-refractivity contribution is 0.0353. The number of hydrogen-bond acceptors (Lipinski definition) is 5. The van der Waals surface area contributed by atoms with E-state index in [1.165, 1.54) is 31.4 Å². The molecule has 4 heterocycles. The van der Waals surface area contributed by atoms with Gasteiger partial charge in [-0.25, -0.2) is 0 Å². The maximum Gasteiger partial charge on any atom is 0.152 e. The highest BCUT2D eigenvalue weighted by Gasteiger charge is 2.24. The van der Waals surface area contributed by atoms with Crippen LogP contribution in [0.3, 0.4) is 0 Å². The Morgan fingerprint density at radius 2 is 2.04 bits per heavy atom. The maximum absolute atomic E-state index is 5.77. The van der Waals surface area contributed by atoms with Gasteiger partial charge >= 0.3 is 0 Å². The van der Waals surface area contributed by atoms with Crippen molar-refractivity contribution in [1.29, 1.82) is 0 Å². The first kappa shape index (κ1) is 16.8. The van der Waals surface area contributed by atoms with Crippen LogP contribution in [-0.4, -0.2) is 65.4 Å². The number of aromatic amines is 1. The van der Waals surface area contributed by atoms with Crippen LogP contribution in [0.25, 0.3) is 11.5 Å². The fourth-order valence-electron chi connectivity index (χ4n) is 4.02. The van der Waals surface area contributed by atoms with Gasteiger partial charge in [0.2, 0.25) is 0 Å². The Kier molecular flexibility index (Phi) is 5.20. The topological polar surface area (TPSA) is 57.5 Å². The summed E-state index contributed by atoms with van der Waals surface area (Å²) in [6.45, 7) is 9.35. The monoisotopic (exact) mass is 344 g/mol. The molecule has 6 heteroatoms. The lowest BCUT2D eigenvalue weighted by atomic mass is 10.1. The molecule has 6 nitrogen and oxygen atoms in total. The molecule has 1 N–H and O–H groups in total. The van der Waals surface area contributed by atoms with Gasteiger partial charge in [0.05, 0.1) is 6.20 Å². The fourth-order valence-corrected chi connectivity index (χ4v) is 4.02. The van der Waals surface area contributed by atoms with Crippen LogP contribution in [0, 0.1) is 6.92 Å². The molecule has 0 radical (unpaired) electrons. The predicted octanol–water partition coefficient (Wildman–Crippen LogP) is 2.66. The molecule has 0 saturated carbocycles. The Hall–Kier alpha value is -1.63. The first-order valence-electron chi connectivity index (χ1n) is 9.43. The summed E-state index contributed by atoms with van der Waals surface area (Å²) in [5, 5.41) is 7.36. The van der Waals surface area contributed by atoms with Crippen LogP contribution in [0.2, 0.25) is 0 Å². The molecule has 0 amide bonds. The highest BCUT2D eigenvalue weighted by atomic mass is 16.5. The SMILES string of the molecule is Cc1ccc(-c2[nH]ncc2CN2CCCN(C3CCOCC3)CC2)o1. The molecule has 136 valence electrons. The molecule has 4 rings (SSSR count). The van der Waals surface area contributed by atoms with E-state index in [0.29, 0.717) is 6.04 Å². The van der Waals surface area contributed by atoms with Crippen LogP contribution in [0.4, 0.5) is 0 Å². The summed E-state index contributed by atoms with van der Waals surface area (Å²) >= 11 is 0. The molecule has 0 aromatic carbocycles. The van der Waals surface area contributed by atoms with E-state index in [1.54, 1.807) is 0 Å². The Morgan fingerprint density at radius 1 is 1.16 bits per heavy atom. The smallest absolute Gasteiger partial charge is 0.152 e. The third-order valence-corrected chi connectivity index (χ3v) is 5.43. The molecule has 2 aliphatic heterocycles. The minimum Gasteiger partial charge on any atom is -0.460 e. The van der Waals surface area contributed by atoms with Crippen molar-refractivity contribution in [2.45, 2.75) is 38.8 Å². The van der Waals surface area contributed by atoms with E-state index >= 15 is 0 Å². The Labute approximate surface area is 149 Å². The molecular formula is C19H28N4O2. The largest absolute Gasteiger partial charge is 0.460 e. The zero-order valence-electron chi connectivity index (χ0n) is 15.0. The van der Waals surface area contributed by atoms with Crippen molar-refractivity contribution in [3.63, 3.8) is 0 Å². The third kappa shape index (κ3) is 3.97. The van der Waals surface area contributed by atoms with Crippen LogP contribution in [0.5, 0.6) is 0 Å². The van der Waals surface area contributed by atoms with Crippen molar-refractivity contribution in [2.75, 3.05) is 39.4 Å². The van der Waals surface area contributed by atoms with E-state index in [1.807, 2.05) is 25.3 Å². The van der Waals surface area contributed by atoms with Gasteiger partial charge in [-0.15, -0.1) is 0 Å². The fraction of sp³-hybridized carbons (Fsp3) is 0.632. The van der Waals surface area contributed by atoms with Crippen LogP contribution in [0.1, 0.15) is 30.6 Å². The van der Waals surface area contributed by atoms with Gasteiger partial charge in [-0.3, -0.25) is 14.9 Å². The van der Waals surface area contributed by atoms with Gasteiger partial charge in [-0.2, -0.15) is 5.10 Å².